The van der Waals surface area contributed by atoms with E-state index < -0.39 is 40.7 Å². The molecule has 3 aromatic carbocycles. The van der Waals surface area contributed by atoms with Crippen molar-refractivity contribution in [2.24, 2.45) is 5.92 Å². The van der Waals surface area contributed by atoms with Crippen LogP contribution in [-0.4, -0.2) is 53.5 Å². The first-order chi connectivity index (χ1) is 23.6. The normalized spacial score (nSPS) is 18.4. The van der Waals surface area contributed by atoms with Gasteiger partial charge >= 0.3 is 5.97 Å². The van der Waals surface area contributed by atoms with Crippen LogP contribution in [0.2, 0.25) is 23.2 Å². The Kier molecular flexibility index (Phi) is 12.4. The number of allylic oxidation sites excluding steroid dienone is 1. The van der Waals surface area contributed by atoms with Crippen molar-refractivity contribution in [2.75, 3.05) is 6.61 Å². The first-order valence-electron chi connectivity index (χ1n) is 17.0. The molecule has 0 heterocycles. The first kappa shape index (κ1) is 38.5. The van der Waals surface area contributed by atoms with Crippen LogP contribution in [0, 0.1) is 29.6 Å². The van der Waals surface area contributed by atoms with E-state index >= 15 is 0 Å². The lowest BCUT2D eigenvalue weighted by atomic mass is 10.1. The van der Waals surface area contributed by atoms with Gasteiger partial charge in [0.25, 0.3) is 8.32 Å². The summed E-state index contributed by atoms with van der Waals surface area (Å²) in [5, 5.41) is 1.79. The van der Waals surface area contributed by atoms with E-state index in [0.29, 0.717) is 17.4 Å². The van der Waals surface area contributed by atoms with Gasteiger partial charge in [0.2, 0.25) is 0 Å². The zero-order valence-corrected chi connectivity index (χ0v) is 32.4. The Morgan fingerprint density at radius 2 is 1.36 bits per heavy atom. The van der Waals surface area contributed by atoms with Crippen LogP contribution < -0.4 is 10.4 Å². The molecule has 0 aromatic heterocycles. The number of carbonyl (C=O) groups excluding carboxylic acids is 3. The van der Waals surface area contributed by atoms with Gasteiger partial charge in [0.15, 0.2) is 20.4 Å². The molecule has 6 nitrogen and oxygen atoms in total. The van der Waals surface area contributed by atoms with E-state index in [0.717, 1.165) is 10.4 Å². The number of Topliss-reactive ketones (excluding diaryl/α,β-unsaturated/α-hetero) is 1. The van der Waals surface area contributed by atoms with Gasteiger partial charge in [-0.2, -0.15) is 0 Å². The Hall–Kier alpha value is -4.32. The molecular formula is C42H48O6Si2. The van der Waals surface area contributed by atoms with E-state index in [1.165, 1.54) is 0 Å². The number of aldehydes is 1. The molecule has 0 unspecified atom stereocenters. The van der Waals surface area contributed by atoms with Crippen LogP contribution in [0.1, 0.15) is 58.3 Å². The highest BCUT2D eigenvalue weighted by atomic mass is 28.4. The lowest BCUT2D eigenvalue weighted by Gasteiger charge is -2.43. The summed E-state index contributed by atoms with van der Waals surface area (Å²) in [6.45, 7) is 17.1. The lowest BCUT2D eigenvalue weighted by Crippen LogP contribution is -2.66. The van der Waals surface area contributed by atoms with E-state index in [1.54, 1.807) is 30.3 Å². The molecular weight excluding hydrogens is 657 g/mol. The molecule has 1 fully saturated rings. The van der Waals surface area contributed by atoms with E-state index in [1.807, 2.05) is 42.5 Å². The number of rotatable bonds is 9. The number of hydrogen-bond donors (Lipinski definition) is 0. The van der Waals surface area contributed by atoms with Crippen molar-refractivity contribution >= 4 is 45.0 Å². The van der Waals surface area contributed by atoms with Gasteiger partial charge in [-0.3, -0.25) is 9.59 Å². The molecule has 3 aromatic rings. The summed E-state index contributed by atoms with van der Waals surface area (Å²) >= 11 is 0. The van der Waals surface area contributed by atoms with Gasteiger partial charge < -0.3 is 13.6 Å². The van der Waals surface area contributed by atoms with Crippen LogP contribution in [0.4, 0.5) is 0 Å². The summed E-state index contributed by atoms with van der Waals surface area (Å²) in [4.78, 5) is 38.1. The summed E-state index contributed by atoms with van der Waals surface area (Å²) in [6.07, 6.45) is 0.351. The van der Waals surface area contributed by atoms with E-state index in [9.17, 15) is 14.4 Å². The first-order valence-corrected chi connectivity index (χ1v) is 21.8. The lowest BCUT2D eigenvalue weighted by molar-refractivity contribution is -0.126. The van der Waals surface area contributed by atoms with Gasteiger partial charge in [-0.1, -0.05) is 138 Å². The van der Waals surface area contributed by atoms with Crippen LogP contribution in [0.3, 0.4) is 0 Å². The number of carbonyl (C=O) groups is 3. The maximum Gasteiger partial charge on any atom is 0.338 e. The van der Waals surface area contributed by atoms with Crippen LogP contribution in [0.15, 0.2) is 103 Å². The average Bonchev–Trinajstić information content (AvgIpc) is 3.36. The molecule has 0 spiro atoms. The minimum absolute atomic E-state index is 0.0713. The highest BCUT2D eigenvalue weighted by Crippen LogP contribution is 2.41. The molecule has 1 saturated carbocycles. The number of hydrogen-bond acceptors (Lipinski definition) is 6. The van der Waals surface area contributed by atoms with Crippen molar-refractivity contribution in [3.63, 3.8) is 0 Å². The molecule has 0 N–H and O–H groups in total. The van der Waals surface area contributed by atoms with Crippen molar-refractivity contribution in [1.82, 2.24) is 0 Å². The number of ketones is 1. The number of benzene rings is 3. The molecule has 3 atom stereocenters. The maximum atomic E-state index is 13.6. The van der Waals surface area contributed by atoms with Crippen LogP contribution in [0.5, 0.6) is 0 Å². The molecule has 4 rings (SSSR count). The molecule has 50 heavy (non-hydrogen) atoms. The maximum absolute atomic E-state index is 13.6. The zero-order valence-electron chi connectivity index (χ0n) is 30.4. The van der Waals surface area contributed by atoms with Gasteiger partial charge in [0.1, 0.15) is 12.2 Å². The van der Waals surface area contributed by atoms with Crippen molar-refractivity contribution < 1.29 is 28.0 Å². The van der Waals surface area contributed by atoms with Crippen LogP contribution in [-0.2, 0) is 23.2 Å². The Bertz CT molecular complexity index is 1760. The Labute approximate surface area is 299 Å². The van der Waals surface area contributed by atoms with E-state index in [2.05, 4.69) is 103 Å². The molecule has 1 aliphatic carbocycles. The summed E-state index contributed by atoms with van der Waals surface area (Å²) in [6, 6.07) is 29.3. The molecule has 0 radical (unpaired) electrons. The SMILES string of the molecule is CC(C)(C)[Si](C)(C)O[C@H]1C(=O)C[C@H](C#C/C(=C\C#CC=O)CO[Si](c2ccccc2)(c2ccccc2)C(C)(C)C)[C@@H]1OC(=O)c1ccccc1. The second kappa shape index (κ2) is 16.1. The minimum Gasteiger partial charge on any atom is -0.454 e. The predicted molar refractivity (Wildman–Crippen MR) is 204 cm³/mol. The fraction of sp³-hybridized carbons (Fsp3) is 0.357. The summed E-state index contributed by atoms with van der Waals surface area (Å²) in [5.41, 5.74) is 0.926. The standard InChI is InChI=1S/C42H48O6Si2/c1-41(2,3)49(7,8)48-39-37(44)30-34(38(39)47-40(45)33-21-12-9-13-22-33)28-27-32(20-18-19-29-43)31-46-50(42(4,5)6,35-23-14-10-15-24-35)36-25-16-11-17-26-36/h9-17,20-26,29,34,38-39H,30-31H2,1-8H3/b32-20+/t34-,38-,39-/m0/s1. The molecule has 0 aliphatic heterocycles. The van der Waals surface area contributed by atoms with Gasteiger partial charge in [-0.25, -0.2) is 4.79 Å². The van der Waals surface area contributed by atoms with Gasteiger partial charge in [0.05, 0.1) is 18.1 Å². The van der Waals surface area contributed by atoms with Crippen LogP contribution >= 0.6 is 0 Å². The molecule has 0 amide bonds. The number of ether oxygens (including phenoxy) is 1. The van der Waals surface area contributed by atoms with Crippen molar-refractivity contribution in [3.05, 3.63) is 108 Å². The molecule has 8 heteroatoms. The van der Waals surface area contributed by atoms with Crippen molar-refractivity contribution in [1.29, 1.82) is 0 Å². The third-order valence-electron chi connectivity index (χ3n) is 9.58. The molecule has 0 saturated heterocycles. The van der Waals surface area contributed by atoms with Gasteiger partial charge in [-0.15, -0.1) is 0 Å². The molecule has 260 valence electrons. The van der Waals surface area contributed by atoms with Gasteiger partial charge in [0, 0.05) is 18.1 Å². The third-order valence-corrected chi connectivity index (χ3v) is 19.0. The summed E-state index contributed by atoms with van der Waals surface area (Å²) in [7, 11) is -5.36. The topological polar surface area (TPSA) is 78.9 Å². The van der Waals surface area contributed by atoms with E-state index in [-0.39, 0.29) is 28.9 Å². The molecule has 0 bridgehead atoms. The Morgan fingerprint density at radius 3 is 1.86 bits per heavy atom. The third kappa shape index (κ3) is 8.88. The smallest absolute Gasteiger partial charge is 0.338 e. The van der Waals surface area contributed by atoms with Crippen LogP contribution in [0.25, 0.3) is 0 Å². The van der Waals surface area contributed by atoms with Crippen molar-refractivity contribution in [3.8, 4) is 23.7 Å². The summed E-state index contributed by atoms with van der Waals surface area (Å²) < 4.78 is 19.8. The highest BCUT2D eigenvalue weighted by Gasteiger charge is 2.51. The quantitative estimate of drug-likeness (QED) is 0.104. The van der Waals surface area contributed by atoms with E-state index in [4.69, 9.17) is 13.6 Å². The predicted octanol–water partition coefficient (Wildman–Crippen LogP) is 6.90. The van der Waals surface area contributed by atoms with Crippen molar-refractivity contribution in [2.45, 2.75) is 83.3 Å². The summed E-state index contributed by atoms with van der Waals surface area (Å²) in [5.74, 6) is 10.4. The fourth-order valence-electron chi connectivity index (χ4n) is 5.92. The minimum atomic E-state index is -2.92. The zero-order chi connectivity index (χ0) is 36.6. The average molecular weight is 705 g/mol. The fourth-order valence-corrected chi connectivity index (χ4v) is 11.7. The largest absolute Gasteiger partial charge is 0.454 e. The second-order valence-electron chi connectivity index (χ2n) is 15.1. The van der Waals surface area contributed by atoms with Gasteiger partial charge in [-0.05, 0) is 51.6 Å². The monoisotopic (exact) mass is 704 g/mol. The second-order valence-corrected chi connectivity index (χ2v) is 24.2. The molecule has 1 aliphatic rings. The Balaban J connectivity index is 1.74. The Morgan fingerprint density at radius 1 is 0.820 bits per heavy atom. The highest BCUT2D eigenvalue weighted by molar-refractivity contribution is 6.99. The number of esters is 1.